The lowest BCUT2D eigenvalue weighted by Crippen LogP contribution is -2.56. The van der Waals surface area contributed by atoms with E-state index in [2.05, 4.69) is 79.5 Å². The predicted octanol–water partition coefficient (Wildman–Crippen LogP) is 5.77. The van der Waals surface area contributed by atoms with E-state index in [4.69, 9.17) is 4.43 Å². The number of rotatable bonds is 8. The fraction of sp³-hybridized carbons (Fsp3) is 0.857. The monoisotopic (exact) mass is 367 g/mol. The van der Waals surface area contributed by atoms with Crippen LogP contribution in [0.15, 0.2) is 12.2 Å². The molecule has 0 saturated carbocycles. The average molecular weight is 368 g/mol. The quantitative estimate of drug-likeness (QED) is 0.403. The maximum absolute atomic E-state index is 13.4. The predicted molar refractivity (Wildman–Crippen MR) is 110 cm³/mol. The van der Waals surface area contributed by atoms with Crippen LogP contribution in [0.4, 0.5) is 0 Å². The zero-order chi connectivity index (χ0) is 19.4. The van der Waals surface area contributed by atoms with Crippen molar-refractivity contribution < 1.29 is 9.22 Å². The number of hydrogen-bond donors (Lipinski definition) is 0. The smallest absolute Gasteiger partial charge is 0.310 e. The molecule has 0 N–H and O–H groups in total. The SMILES string of the molecule is CCCC[C@@H]1C=C[C@H](C)N(C)[C@@H]1C(=O)O[Si](C(C)C)(C(C)C)C(C)C. The van der Waals surface area contributed by atoms with E-state index in [0.717, 1.165) is 19.3 Å². The Labute approximate surface area is 157 Å². The zero-order valence-electron chi connectivity index (χ0n) is 18.0. The second-order valence-corrected chi connectivity index (χ2v) is 14.2. The molecule has 0 fully saturated rings. The third kappa shape index (κ3) is 4.76. The highest BCUT2D eigenvalue weighted by Gasteiger charge is 2.50. The van der Waals surface area contributed by atoms with Crippen LogP contribution in [0.5, 0.6) is 0 Å². The molecule has 0 aliphatic carbocycles. The molecule has 0 aromatic rings. The highest BCUT2D eigenvalue weighted by molar-refractivity contribution is 6.79. The first-order chi connectivity index (χ1) is 11.6. The molecule has 3 atom stereocenters. The van der Waals surface area contributed by atoms with Gasteiger partial charge < -0.3 is 4.43 Å². The first kappa shape index (κ1) is 22.4. The molecule has 0 radical (unpaired) electrons. The third-order valence-corrected chi connectivity index (χ3v) is 12.2. The van der Waals surface area contributed by atoms with E-state index in [1.54, 1.807) is 0 Å². The second kappa shape index (κ2) is 9.36. The highest BCUT2D eigenvalue weighted by Crippen LogP contribution is 2.43. The van der Waals surface area contributed by atoms with Gasteiger partial charge in [-0.2, -0.15) is 0 Å². The lowest BCUT2D eigenvalue weighted by molar-refractivity contribution is -0.143. The largest absolute Gasteiger partial charge is 0.517 e. The van der Waals surface area contributed by atoms with Crippen LogP contribution < -0.4 is 0 Å². The van der Waals surface area contributed by atoms with Crippen molar-refractivity contribution in [1.82, 2.24) is 4.90 Å². The van der Waals surface area contributed by atoms with Crippen LogP contribution in [0.3, 0.4) is 0 Å². The summed E-state index contributed by atoms with van der Waals surface area (Å²) < 4.78 is 6.52. The Kier molecular flexibility index (Phi) is 8.40. The van der Waals surface area contributed by atoms with Crippen LogP contribution in [0.1, 0.15) is 74.7 Å². The molecule has 1 rings (SSSR count). The summed E-state index contributed by atoms with van der Waals surface area (Å²) in [5.74, 6) is 0.286. The van der Waals surface area contributed by atoms with Gasteiger partial charge in [-0.25, -0.2) is 0 Å². The Morgan fingerprint density at radius 1 is 1.08 bits per heavy atom. The first-order valence-corrected chi connectivity index (χ1v) is 12.4. The Bertz CT molecular complexity index is 437. The normalized spacial score (nSPS) is 25.2. The Morgan fingerprint density at radius 2 is 1.60 bits per heavy atom. The summed E-state index contributed by atoms with van der Waals surface area (Å²) in [5.41, 5.74) is 1.27. The van der Waals surface area contributed by atoms with Gasteiger partial charge in [-0.05, 0) is 37.0 Å². The molecule has 0 aromatic heterocycles. The van der Waals surface area contributed by atoms with Crippen molar-refractivity contribution in [2.45, 2.75) is 103 Å². The summed E-state index contributed by atoms with van der Waals surface area (Å²) in [6.45, 7) is 17.8. The number of likely N-dealkylation sites (N-methyl/N-ethyl adjacent to an activating group) is 1. The molecule has 0 amide bonds. The van der Waals surface area contributed by atoms with Crippen LogP contribution in [0, 0.1) is 5.92 Å². The molecular formula is C21H41NO2Si. The van der Waals surface area contributed by atoms with Gasteiger partial charge in [-0.3, -0.25) is 9.69 Å². The second-order valence-electron chi connectivity index (χ2n) is 8.78. The van der Waals surface area contributed by atoms with E-state index in [0.29, 0.717) is 16.6 Å². The van der Waals surface area contributed by atoms with Crippen molar-refractivity contribution in [2.24, 2.45) is 5.92 Å². The van der Waals surface area contributed by atoms with E-state index < -0.39 is 8.32 Å². The minimum absolute atomic E-state index is 0.0163. The number of unbranched alkanes of at least 4 members (excludes halogenated alkanes) is 1. The molecule has 146 valence electrons. The Balaban J connectivity index is 3.13. The summed E-state index contributed by atoms with van der Waals surface area (Å²) in [6.07, 6.45) is 7.87. The van der Waals surface area contributed by atoms with E-state index in [1.165, 1.54) is 0 Å². The topological polar surface area (TPSA) is 29.5 Å². The van der Waals surface area contributed by atoms with Crippen LogP contribution in [0.2, 0.25) is 16.6 Å². The summed E-state index contributed by atoms with van der Waals surface area (Å²) in [7, 11) is -0.116. The van der Waals surface area contributed by atoms with E-state index in [9.17, 15) is 4.79 Å². The maximum Gasteiger partial charge on any atom is 0.310 e. The lowest BCUT2D eigenvalue weighted by Gasteiger charge is -2.45. The molecule has 4 heteroatoms. The van der Waals surface area contributed by atoms with Crippen molar-refractivity contribution in [1.29, 1.82) is 0 Å². The molecule has 1 aliphatic heterocycles. The van der Waals surface area contributed by atoms with Crippen LogP contribution in [-0.2, 0) is 9.22 Å². The summed E-state index contributed by atoms with van der Waals surface area (Å²) in [5, 5.41) is 0. The van der Waals surface area contributed by atoms with Gasteiger partial charge in [0, 0.05) is 12.0 Å². The lowest BCUT2D eigenvalue weighted by atomic mass is 9.88. The Hall–Kier alpha value is -0.613. The number of hydrogen-bond acceptors (Lipinski definition) is 3. The molecule has 0 bridgehead atoms. The van der Waals surface area contributed by atoms with Gasteiger partial charge in [0.1, 0.15) is 6.04 Å². The molecule has 0 aromatic carbocycles. The molecular weight excluding hydrogens is 326 g/mol. The number of nitrogens with zero attached hydrogens (tertiary/aromatic N) is 1. The number of carbonyl (C=O) groups excluding carboxylic acids is 1. The van der Waals surface area contributed by atoms with E-state index in [1.807, 2.05) is 0 Å². The van der Waals surface area contributed by atoms with Crippen LogP contribution in [0.25, 0.3) is 0 Å². The first-order valence-electron chi connectivity index (χ1n) is 10.2. The van der Waals surface area contributed by atoms with Crippen molar-refractivity contribution in [2.75, 3.05) is 7.05 Å². The van der Waals surface area contributed by atoms with E-state index in [-0.39, 0.29) is 24.0 Å². The van der Waals surface area contributed by atoms with Gasteiger partial charge in [-0.1, -0.05) is 73.5 Å². The van der Waals surface area contributed by atoms with Crippen molar-refractivity contribution in [3.8, 4) is 0 Å². The van der Waals surface area contributed by atoms with Crippen molar-refractivity contribution in [3.05, 3.63) is 12.2 Å². The molecule has 1 heterocycles. The third-order valence-electron chi connectivity index (χ3n) is 6.24. The molecule has 0 unspecified atom stereocenters. The molecule has 3 nitrogen and oxygen atoms in total. The van der Waals surface area contributed by atoms with Gasteiger partial charge in [-0.15, -0.1) is 0 Å². The van der Waals surface area contributed by atoms with E-state index >= 15 is 0 Å². The summed E-state index contributed by atoms with van der Waals surface area (Å²) in [4.78, 5) is 15.6. The minimum atomic E-state index is -2.19. The molecule has 0 spiro atoms. The maximum atomic E-state index is 13.4. The fourth-order valence-corrected chi connectivity index (χ4v) is 9.90. The molecule has 25 heavy (non-hydrogen) atoms. The van der Waals surface area contributed by atoms with Crippen LogP contribution >= 0.6 is 0 Å². The Morgan fingerprint density at radius 3 is 2.04 bits per heavy atom. The summed E-state index contributed by atoms with van der Waals surface area (Å²) in [6, 6.07) is 0.137. The minimum Gasteiger partial charge on any atom is -0.517 e. The molecule has 1 aliphatic rings. The van der Waals surface area contributed by atoms with Gasteiger partial charge in [0.15, 0.2) is 0 Å². The highest BCUT2D eigenvalue weighted by atomic mass is 28.4. The van der Waals surface area contributed by atoms with Crippen molar-refractivity contribution >= 4 is 14.3 Å². The van der Waals surface area contributed by atoms with Gasteiger partial charge >= 0.3 is 5.97 Å². The van der Waals surface area contributed by atoms with Crippen molar-refractivity contribution in [3.63, 3.8) is 0 Å². The van der Waals surface area contributed by atoms with Gasteiger partial charge in [0.05, 0.1) is 0 Å². The standard InChI is InChI=1S/C21H41NO2Si/c1-10-11-12-19-14-13-18(8)22(9)20(19)21(23)24-25(15(2)3,16(4)5)17(6)7/h13-20H,10-12H2,1-9H3/t18-,19+,20-/m0/s1. The van der Waals surface area contributed by atoms with Crippen LogP contribution in [-0.4, -0.2) is 38.3 Å². The fourth-order valence-electron chi connectivity index (χ4n) is 4.72. The van der Waals surface area contributed by atoms with Gasteiger partial charge in [0.2, 0.25) is 0 Å². The molecule has 0 saturated heterocycles. The average Bonchev–Trinajstić information content (AvgIpc) is 2.52. The number of carbonyl (C=O) groups is 1. The summed E-state index contributed by atoms with van der Waals surface area (Å²) >= 11 is 0. The zero-order valence-corrected chi connectivity index (χ0v) is 19.0. The van der Waals surface area contributed by atoms with Gasteiger partial charge in [0.25, 0.3) is 8.32 Å².